The Labute approximate surface area is 121 Å². The van der Waals surface area contributed by atoms with Gasteiger partial charge in [0.2, 0.25) is 0 Å². The minimum Gasteiger partial charge on any atom is -0.377 e. The quantitative estimate of drug-likeness (QED) is 0.893. The van der Waals surface area contributed by atoms with Gasteiger partial charge in [0.25, 0.3) is 0 Å². The van der Waals surface area contributed by atoms with Gasteiger partial charge in [-0.3, -0.25) is 0 Å². The summed E-state index contributed by atoms with van der Waals surface area (Å²) in [6.45, 7) is 0. The Morgan fingerprint density at radius 1 is 1.00 bits per heavy atom. The number of rotatable bonds is 3. The van der Waals surface area contributed by atoms with Crippen molar-refractivity contribution in [2.24, 2.45) is 0 Å². The summed E-state index contributed by atoms with van der Waals surface area (Å²) in [6, 6.07) is 17.8. The van der Waals surface area contributed by atoms with Gasteiger partial charge < -0.3 is 10.2 Å². The molecule has 0 saturated heterocycles. The molecule has 0 spiro atoms. The highest BCUT2D eigenvalue weighted by molar-refractivity contribution is 5.70. The Hall–Kier alpha value is -1.96. The van der Waals surface area contributed by atoms with Crippen LogP contribution in [-0.2, 0) is 6.42 Å². The highest BCUT2D eigenvalue weighted by Gasteiger charge is 2.20. The van der Waals surface area contributed by atoms with E-state index in [1.54, 1.807) is 0 Å². The van der Waals surface area contributed by atoms with Crippen LogP contribution in [0.3, 0.4) is 0 Å². The van der Waals surface area contributed by atoms with Crippen molar-refractivity contribution in [3.05, 3.63) is 59.7 Å². The van der Waals surface area contributed by atoms with Gasteiger partial charge in [-0.1, -0.05) is 36.4 Å². The molecule has 2 aromatic carbocycles. The van der Waals surface area contributed by atoms with E-state index in [0.717, 1.165) is 0 Å². The van der Waals surface area contributed by atoms with Crippen LogP contribution in [-0.4, -0.2) is 14.1 Å². The first-order valence-electron chi connectivity index (χ1n) is 7.36. The standard InChI is InChI=1S/C18H22N2/c1-20(2)18-13-6-5-11-17(18)19-16-12-7-9-14-8-3-4-10-15(14)16/h3-6,8,10-11,13,16,19H,7,9,12H2,1-2H3. The maximum absolute atomic E-state index is 3.75. The minimum atomic E-state index is 0.432. The summed E-state index contributed by atoms with van der Waals surface area (Å²) in [4.78, 5) is 2.16. The molecule has 0 amide bonds. The molecule has 0 radical (unpaired) electrons. The molecule has 1 unspecified atom stereocenters. The fourth-order valence-corrected chi connectivity index (χ4v) is 3.08. The number of hydrogen-bond donors (Lipinski definition) is 1. The molecule has 0 bridgehead atoms. The minimum absolute atomic E-state index is 0.432. The van der Waals surface area contributed by atoms with E-state index >= 15 is 0 Å². The first kappa shape index (κ1) is 13.0. The molecule has 0 aromatic heterocycles. The molecular weight excluding hydrogens is 244 g/mol. The first-order valence-corrected chi connectivity index (χ1v) is 7.36. The van der Waals surface area contributed by atoms with Crippen molar-refractivity contribution in [1.29, 1.82) is 0 Å². The van der Waals surface area contributed by atoms with Gasteiger partial charge in [-0.05, 0) is 42.5 Å². The number of nitrogens with one attached hydrogen (secondary N) is 1. The molecule has 3 rings (SSSR count). The molecule has 0 aliphatic heterocycles. The lowest BCUT2D eigenvalue weighted by molar-refractivity contribution is 0.600. The normalized spacial score (nSPS) is 17.4. The van der Waals surface area contributed by atoms with Crippen LogP contribution in [0.25, 0.3) is 0 Å². The maximum Gasteiger partial charge on any atom is 0.0596 e. The lowest BCUT2D eigenvalue weighted by Crippen LogP contribution is -2.19. The second-order valence-corrected chi connectivity index (χ2v) is 5.70. The van der Waals surface area contributed by atoms with Crippen molar-refractivity contribution in [1.82, 2.24) is 0 Å². The number of benzene rings is 2. The van der Waals surface area contributed by atoms with Crippen LogP contribution in [0.2, 0.25) is 0 Å². The van der Waals surface area contributed by atoms with E-state index in [1.807, 2.05) is 0 Å². The number of anilines is 2. The fraction of sp³-hybridized carbons (Fsp3) is 0.333. The second kappa shape index (κ2) is 5.58. The van der Waals surface area contributed by atoms with Crippen LogP contribution in [0.5, 0.6) is 0 Å². The van der Waals surface area contributed by atoms with Gasteiger partial charge in [0.1, 0.15) is 0 Å². The zero-order valence-corrected chi connectivity index (χ0v) is 12.3. The molecular formula is C18H22N2. The summed E-state index contributed by atoms with van der Waals surface area (Å²) in [5, 5.41) is 3.75. The van der Waals surface area contributed by atoms with E-state index in [-0.39, 0.29) is 0 Å². The van der Waals surface area contributed by atoms with Crippen molar-refractivity contribution < 1.29 is 0 Å². The van der Waals surface area contributed by atoms with Gasteiger partial charge >= 0.3 is 0 Å². The van der Waals surface area contributed by atoms with Gasteiger partial charge in [0.15, 0.2) is 0 Å². The second-order valence-electron chi connectivity index (χ2n) is 5.70. The summed E-state index contributed by atoms with van der Waals surface area (Å²) < 4.78 is 0. The number of fused-ring (bicyclic) bond motifs is 1. The largest absolute Gasteiger partial charge is 0.377 e. The molecule has 0 saturated carbocycles. The van der Waals surface area contributed by atoms with Gasteiger partial charge in [-0.15, -0.1) is 0 Å². The molecule has 1 atom stereocenters. The zero-order valence-electron chi connectivity index (χ0n) is 12.3. The van der Waals surface area contributed by atoms with Crippen LogP contribution in [0.15, 0.2) is 48.5 Å². The molecule has 104 valence electrons. The van der Waals surface area contributed by atoms with Crippen LogP contribution < -0.4 is 10.2 Å². The number of nitrogens with zero attached hydrogens (tertiary/aromatic N) is 1. The Kier molecular flexibility index (Phi) is 3.64. The van der Waals surface area contributed by atoms with Gasteiger partial charge in [0, 0.05) is 14.1 Å². The van der Waals surface area contributed by atoms with E-state index in [4.69, 9.17) is 0 Å². The van der Waals surface area contributed by atoms with Crippen LogP contribution in [0, 0.1) is 0 Å². The van der Waals surface area contributed by atoms with E-state index in [9.17, 15) is 0 Å². The average Bonchev–Trinajstić information content (AvgIpc) is 2.48. The average molecular weight is 266 g/mol. The van der Waals surface area contributed by atoms with Crippen LogP contribution in [0.1, 0.15) is 30.0 Å². The third kappa shape index (κ3) is 2.51. The monoisotopic (exact) mass is 266 g/mol. The molecule has 1 aliphatic rings. The lowest BCUT2D eigenvalue weighted by atomic mass is 9.87. The molecule has 0 fully saturated rings. The predicted octanol–water partition coefficient (Wildman–Crippen LogP) is 4.24. The van der Waals surface area contributed by atoms with Crippen LogP contribution in [0.4, 0.5) is 11.4 Å². The Morgan fingerprint density at radius 3 is 2.60 bits per heavy atom. The van der Waals surface area contributed by atoms with Crippen molar-refractivity contribution in [3.63, 3.8) is 0 Å². The summed E-state index contributed by atoms with van der Waals surface area (Å²) >= 11 is 0. The van der Waals surface area contributed by atoms with Crippen molar-refractivity contribution in [2.75, 3.05) is 24.3 Å². The summed E-state index contributed by atoms with van der Waals surface area (Å²) in [5.41, 5.74) is 5.43. The first-order chi connectivity index (χ1) is 9.75. The molecule has 2 heteroatoms. The van der Waals surface area contributed by atoms with E-state index < -0.39 is 0 Å². The maximum atomic E-state index is 3.75. The van der Waals surface area contributed by atoms with E-state index in [2.05, 4.69) is 72.8 Å². The summed E-state index contributed by atoms with van der Waals surface area (Å²) in [6.07, 6.45) is 3.68. The molecule has 20 heavy (non-hydrogen) atoms. The lowest BCUT2D eigenvalue weighted by Gasteiger charge is -2.29. The predicted molar refractivity (Wildman–Crippen MR) is 86.5 cm³/mol. The fourth-order valence-electron chi connectivity index (χ4n) is 3.08. The van der Waals surface area contributed by atoms with E-state index in [1.165, 1.54) is 41.8 Å². The van der Waals surface area contributed by atoms with Gasteiger partial charge in [-0.25, -0.2) is 0 Å². The SMILES string of the molecule is CN(C)c1ccccc1NC1CCCc2ccccc21. The zero-order chi connectivity index (χ0) is 13.9. The molecule has 2 aromatic rings. The van der Waals surface area contributed by atoms with Gasteiger partial charge in [-0.2, -0.15) is 0 Å². The van der Waals surface area contributed by atoms with Crippen LogP contribution >= 0.6 is 0 Å². The summed E-state index contributed by atoms with van der Waals surface area (Å²) in [5.74, 6) is 0. The Morgan fingerprint density at radius 2 is 1.75 bits per heavy atom. The molecule has 1 N–H and O–H groups in total. The van der Waals surface area contributed by atoms with Gasteiger partial charge in [0.05, 0.1) is 17.4 Å². The smallest absolute Gasteiger partial charge is 0.0596 e. The topological polar surface area (TPSA) is 15.3 Å². The summed E-state index contributed by atoms with van der Waals surface area (Å²) in [7, 11) is 4.19. The Balaban J connectivity index is 1.90. The third-order valence-corrected chi connectivity index (χ3v) is 4.09. The van der Waals surface area contributed by atoms with Crippen molar-refractivity contribution in [2.45, 2.75) is 25.3 Å². The number of aryl methyl sites for hydroxylation is 1. The number of hydrogen-bond acceptors (Lipinski definition) is 2. The van der Waals surface area contributed by atoms with E-state index in [0.29, 0.717) is 6.04 Å². The van der Waals surface area contributed by atoms with Crippen molar-refractivity contribution in [3.8, 4) is 0 Å². The Bertz CT molecular complexity index is 589. The van der Waals surface area contributed by atoms with Crippen molar-refractivity contribution >= 4 is 11.4 Å². The molecule has 0 heterocycles. The number of para-hydroxylation sites is 2. The molecule has 1 aliphatic carbocycles. The highest BCUT2D eigenvalue weighted by atomic mass is 15.1. The molecule has 2 nitrogen and oxygen atoms in total. The highest BCUT2D eigenvalue weighted by Crippen LogP contribution is 2.34. The third-order valence-electron chi connectivity index (χ3n) is 4.09.